The number of hydrogen-bond acceptors (Lipinski definition) is 4. The second kappa shape index (κ2) is 5.48. The minimum atomic E-state index is -0.157. The summed E-state index contributed by atoms with van der Waals surface area (Å²) in [6.45, 7) is 0.672. The maximum atomic E-state index is 11.9. The van der Waals surface area contributed by atoms with Crippen molar-refractivity contribution in [3.63, 3.8) is 0 Å². The topological polar surface area (TPSA) is 73.9 Å². The van der Waals surface area contributed by atoms with Gasteiger partial charge in [0.2, 0.25) is 0 Å². The molecule has 0 radical (unpaired) electrons. The first-order valence-electron chi connectivity index (χ1n) is 6.45. The number of carbonyl (C=O) groups is 1. The highest BCUT2D eigenvalue weighted by Crippen LogP contribution is 2.31. The molecule has 18 heavy (non-hydrogen) atoms. The molecule has 100 valence electrons. The Hall–Kier alpha value is -1.43. The third kappa shape index (κ3) is 2.69. The molecule has 0 saturated heterocycles. The number of carbonyl (C=O) groups excluding carboxylic acids is 1. The summed E-state index contributed by atoms with van der Waals surface area (Å²) in [5.41, 5.74) is 0.442. The molecule has 1 heterocycles. The molecule has 2 N–H and O–H groups in total. The zero-order valence-electron chi connectivity index (χ0n) is 11.1. The summed E-state index contributed by atoms with van der Waals surface area (Å²) >= 11 is 0. The maximum Gasteiger partial charge on any atom is 0.273 e. The smallest absolute Gasteiger partial charge is 0.273 e. The van der Waals surface area contributed by atoms with Gasteiger partial charge in [0.05, 0.1) is 6.20 Å². The van der Waals surface area contributed by atoms with Gasteiger partial charge in [0, 0.05) is 12.1 Å². The maximum absolute atomic E-state index is 11.9. The highest BCUT2D eigenvalue weighted by atomic mass is 16.2. The lowest BCUT2D eigenvalue weighted by molar-refractivity contribution is 0.0796. The summed E-state index contributed by atoms with van der Waals surface area (Å²) in [6, 6.07) is 0. The molecule has 0 atom stereocenters. The summed E-state index contributed by atoms with van der Waals surface area (Å²) < 4.78 is 0. The number of amides is 1. The van der Waals surface area contributed by atoms with Crippen molar-refractivity contribution in [3.05, 3.63) is 11.9 Å². The first kappa shape index (κ1) is 13.0. The number of nitrogens with zero attached hydrogens (tertiary/aromatic N) is 3. The Morgan fingerprint density at radius 1 is 1.44 bits per heavy atom. The van der Waals surface area contributed by atoms with Crippen LogP contribution in [0, 0.1) is 0 Å². The largest absolute Gasteiger partial charge is 0.349 e. The van der Waals surface area contributed by atoms with Gasteiger partial charge in [-0.3, -0.25) is 4.79 Å². The summed E-state index contributed by atoms with van der Waals surface area (Å²) in [5.74, 6) is -0.157. The predicted octanol–water partition coefficient (Wildman–Crippen LogP) is 0.799. The van der Waals surface area contributed by atoms with Gasteiger partial charge in [-0.2, -0.15) is 15.4 Å². The molecule has 1 aromatic heterocycles. The van der Waals surface area contributed by atoms with Crippen LogP contribution in [-0.2, 0) is 0 Å². The van der Waals surface area contributed by atoms with Gasteiger partial charge in [0.25, 0.3) is 5.91 Å². The lowest BCUT2D eigenvalue weighted by atomic mass is 9.80. The number of hydrogen-bond donors (Lipinski definition) is 2. The Labute approximate surface area is 107 Å². The van der Waals surface area contributed by atoms with E-state index in [4.69, 9.17) is 0 Å². The molecule has 0 unspecified atom stereocenters. The van der Waals surface area contributed by atoms with E-state index in [-0.39, 0.29) is 11.4 Å². The number of H-pyrrole nitrogens is 1. The summed E-state index contributed by atoms with van der Waals surface area (Å²) in [6.07, 6.45) is 7.49. The number of aromatic amines is 1. The number of nitrogens with one attached hydrogen (secondary N) is 2. The van der Waals surface area contributed by atoms with Crippen LogP contribution in [0.3, 0.4) is 0 Å². The second-order valence-corrected chi connectivity index (χ2v) is 5.22. The minimum Gasteiger partial charge on any atom is -0.349 e. The van der Waals surface area contributed by atoms with E-state index >= 15 is 0 Å². The number of aromatic nitrogens is 3. The van der Waals surface area contributed by atoms with Crippen LogP contribution >= 0.6 is 0 Å². The Morgan fingerprint density at radius 2 is 2.17 bits per heavy atom. The number of rotatable bonds is 4. The lowest BCUT2D eigenvalue weighted by Gasteiger charge is -2.43. The lowest BCUT2D eigenvalue weighted by Crippen LogP contribution is -2.53. The van der Waals surface area contributed by atoms with Crippen LogP contribution in [0.4, 0.5) is 0 Å². The van der Waals surface area contributed by atoms with E-state index in [0.717, 1.165) is 12.8 Å². The fourth-order valence-corrected chi connectivity index (χ4v) is 2.64. The van der Waals surface area contributed by atoms with Gasteiger partial charge in [-0.25, -0.2) is 0 Å². The fraction of sp³-hybridized carbons (Fsp3) is 0.750. The average molecular weight is 251 g/mol. The van der Waals surface area contributed by atoms with Crippen molar-refractivity contribution in [2.75, 3.05) is 20.6 Å². The van der Waals surface area contributed by atoms with Gasteiger partial charge in [-0.05, 0) is 26.9 Å². The molecular weight excluding hydrogens is 230 g/mol. The molecule has 2 rings (SSSR count). The average Bonchev–Trinajstić information content (AvgIpc) is 2.91. The molecule has 1 amide bonds. The fourth-order valence-electron chi connectivity index (χ4n) is 2.64. The van der Waals surface area contributed by atoms with E-state index in [2.05, 4.69) is 39.7 Å². The Bertz CT molecular complexity index is 381. The molecule has 1 aliphatic carbocycles. The molecular formula is C12H21N5O. The van der Waals surface area contributed by atoms with Gasteiger partial charge in [-0.1, -0.05) is 19.3 Å². The Kier molecular flexibility index (Phi) is 3.96. The van der Waals surface area contributed by atoms with Crippen molar-refractivity contribution in [3.8, 4) is 0 Å². The predicted molar refractivity (Wildman–Crippen MR) is 68.2 cm³/mol. The van der Waals surface area contributed by atoms with Crippen LogP contribution in [0.5, 0.6) is 0 Å². The van der Waals surface area contributed by atoms with Crippen LogP contribution < -0.4 is 5.32 Å². The van der Waals surface area contributed by atoms with Crippen molar-refractivity contribution in [1.82, 2.24) is 25.6 Å². The standard InChI is InChI=1S/C12H21N5O/c1-17(2)12(6-4-3-5-7-12)9-13-11(18)10-8-14-16-15-10/h8H,3-7,9H2,1-2H3,(H,13,18)(H,14,15,16). The summed E-state index contributed by atoms with van der Waals surface area (Å²) in [4.78, 5) is 14.1. The Morgan fingerprint density at radius 3 is 2.72 bits per heavy atom. The van der Waals surface area contributed by atoms with Gasteiger partial charge in [0.1, 0.15) is 0 Å². The second-order valence-electron chi connectivity index (χ2n) is 5.22. The van der Waals surface area contributed by atoms with Crippen molar-refractivity contribution in [2.24, 2.45) is 0 Å². The van der Waals surface area contributed by atoms with E-state index in [1.807, 2.05) is 0 Å². The summed E-state index contributed by atoms with van der Waals surface area (Å²) in [5, 5.41) is 12.9. The zero-order chi connectivity index (χ0) is 13.0. The molecule has 6 heteroatoms. The van der Waals surface area contributed by atoms with Crippen LogP contribution in [0.2, 0.25) is 0 Å². The van der Waals surface area contributed by atoms with Crippen molar-refractivity contribution in [1.29, 1.82) is 0 Å². The third-order valence-electron chi connectivity index (χ3n) is 3.96. The van der Waals surface area contributed by atoms with Crippen LogP contribution in [-0.4, -0.2) is 52.4 Å². The quantitative estimate of drug-likeness (QED) is 0.830. The SMILES string of the molecule is CN(C)C1(CNC(=O)c2cn[nH]n2)CCCCC1. The molecule has 0 bridgehead atoms. The van der Waals surface area contributed by atoms with Crippen LogP contribution in [0.25, 0.3) is 0 Å². The van der Waals surface area contributed by atoms with Gasteiger partial charge in [0.15, 0.2) is 5.69 Å². The first-order chi connectivity index (χ1) is 8.64. The minimum absolute atomic E-state index is 0.0949. The van der Waals surface area contributed by atoms with Gasteiger partial charge >= 0.3 is 0 Å². The molecule has 1 saturated carbocycles. The van der Waals surface area contributed by atoms with E-state index in [9.17, 15) is 4.79 Å². The number of likely N-dealkylation sites (N-methyl/N-ethyl adjacent to an activating group) is 1. The molecule has 6 nitrogen and oxygen atoms in total. The van der Waals surface area contributed by atoms with Crippen molar-refractivity contribution in [2.45, 2.75) is 37.6 Å². The third-order valence-corrected chi connectivity index (χ3v) is 3.96. The van der Waals surface area contributed by atoms with E-state index in [0.29, 0.717) is 12.2 Å². The van der Waals surface area contributed by atoms with Gasteiger partial charge in [-0.15, -0.1) is 0 Å². The van der Waals surface area contributed by atoms with Crippen LogP contribution in [0.15, 0.2) is 6.20 Å². The molecule has 0 aromatic carbocycles. The van der Waals surface area contributed by atoms with E-state index in [1.165, 1.54) is 25.5 Å². The summed E-state index contributed by atoms with van der Waals surface area (Å²) in [7, 11) is 4.18. The van der Waals surface area contributed by atoms with Crippen LogP contribution in [0.1, 0.15) is 42.6 Å². The highest BCUT2D eigenvalue weighted by molar-refractivity contribution is 5.91. The molecule has 1 fully saturated rings. The first-order valence-corrected chi connectivity index (χ1v) is 6.45. The molecule has 1 aliphatic rings. The van der Waals surface area contributed by atoms with E-state index < -0.39 is 0 Å². The zero-order valence-corrected chi connectivity index (χ0v) is 11.1. The monoisotopic (exact) mass is 251 g/mol. The van der Waals surface area contributed by atoms with Gasteiger partial charge < -0.3 is 10.2 Å². The molecule has 1 aromatic rings. The normalized spacial score (nSPS) is 18.8. The highest BCUT2D eigenvalue weighted by Gasteiger charge is 2.34. The Balaban J connectivity index is 1.96. The van der Waals surface area contributed by atoms with Crippen molar-refractivity contribution < 1.29 is 4.79 Å². The molecule has 0 spiro atoms. The molecule has 0 aliphatic heterocycles. The van der Waals surface area contributed by atoms with E-state index in [1.54, 1.807) is 0 Å². The van der Waals surface area contributed by atoms with Crippen molar-refractivity contribution >= 4 is 5.91 Å².